The molecule has 0 bridgehead atoms. The average molecular weight is 433 g/mol. The van der Waals surface area contributed by atoms with Gasteiger partial charge in [-0.15, -0.1) is 11.3 Å². The van der Waals surface area contributed by atoms with E-state index in [1.165, 1.54) is 31.0 Å². The number of hydrogen-bond donors (Lipinski definition) is 2. The van der Waals surface area contributed by atoms with Crippen molar-refractivity contribution in [2.75, 3.05) is 5.32 Å². The fraction of sp³-hybridized carbons (Fsp3) is 0.240. The summed E-state index contributed by atoms with van der Waals surface area (Å²) in [7, 11) is 0. The van der Waals surface area contributed by atoms with Crippen molar-refractivity contribution in [2.24, 2.45) is 0 Å². The molecule has 2 N–H and O–H groups in total. The third-order valence-corrected chi connectivity index (χ3v) is 6.51. The second kappa shape index (κ2) is 9.27. The molecule has 4 rings (SSSR count). The van der Waals surface area contributed by atoms with E-state index < -0.39 is 11.9 Å². The number of carboxylic acids is 1. The number of hydrogen-bond acceptors (Lipinski definition) is 4. The molecule has 1 saturated carbocycles. The Kier molecular flexibility index (Phi) is 6.28. The number of benzene rings is 2. The number of aromatic carboxylic acids is 1. The van der Waals surface area contributed by atoms with Crippen molar-refractivity contribution in [1.82, 2.24) is 4.98 Å². The number of aromatic nitrogens is 1. The van der Waals surface area contributed by atoms with E-state index in [-0.39, 0.29) is 11.5 Å². The Morgan fingerprint density at radius 1 is 1.16 bits per heavy atom. The molecule has 3 aromatic rings. The highest BCUT2D eigenvalue weighted by atomic mass is 32.1. The maximum absolute atomic E-state index is 12.7. The zero-order valence-corrected chi connectivity index (χ0v) is 18.1. The number of anilines is 1. The molecule has 1 fully saturated rings. The molecular weight excluding hydrogens is 408 g/mol. The first kappa shape index (κ1) is 21.0. The topological polar surface area (TPSA) is 79.3 Å². The van der Waals surface area contributed by atoms with Gasteiger partial charge in [0.15, 0.2) is 0 Å². The molecule has 5 nitrogen and oxygen atoms in total. The van der Waals surface area contributed by atoms with Crippen LogP contribution in [-0.4, -0.2) is 22.0 Å². The van der Waals surface area contributed by atoms with Crippen LogP contribution in [0.4, 0.5) is 5.69 Å². The number of rotatable bonds is 7. The van der Waals surface area contributed by atoms with Gasteiger partial charge in [-0.3, -0.25) is 4.79 Å². The zero-order chi connectivity index (χ0) is 21.8. The van der Waals surface area contributed by atoms with Crippen molar-refractivity contribution in [3.63, 3.8) is 0 Å². The van der Waals surface area contributed by atoms with Gasteiger partial charge < -0.3 is 10.4 Å². The van der Waals surface area contributed by atoms with Crippen LogP contribution >= 0.6 is 11.3 Å². The first-order valence-corrected chi connectivity index (χ1v) is 11.3. The highest BCUT2D eigenvalue weighted by molar-refractivity contribution is 7.10. The van der Waals surface area contributed by atoms with Gasteiger partial charge in [0.05, 0.1) is 17.2 Å². The molecule has 1 aliphatic carbocycles. The van der Waals surface area contributed by atoms with Crippen molar-refractivity contribution in [2.45, 2.75) is 38.0 Å². The standard InChI is InChI=1S/C25H24N2O3S/c1-16(20-10-2-3-11-21(20)25(29)30)24(28)26-19-9-4-6-17(14-19)12-13-23-27-22(15-31-23)18-7-5-8-18/h2-4,6,9-16,18H,5,7-8H2,1H3,(H,26,28)(H,29,30). The van der Waals surface area contributed by atoms with E-state index in [4.69, 9.17) is 4.98 Å². The van der Waals surface area contributed by atoms with Gasteiger partial charge in [-0.2, -0.15) is 0 Å². The minimum atomic E-state index is -1.04. The van der Waals surface area contributed by atoms with Crippen LogP contribution in [0.25, 0.3) is 12.2 Å². The number of nitrogens with one attached hydrogen (secondary N) is 1. The number of carboxylic acid groups (broad SMARTS) is 1. The quantitative estimate of drug-likeness (QED) is 0.478. The molecule has 0 aliphatic heterocycles. The van der Waals surface area contributed by atoms with Gasteiger partial charge in [0.1, 0.15) is 5.01 Å². The second-order valence-corrected chi connectivity index (χ2v) is 8.69. The van der Waals surface area contributed by atoms with E-state index in [9.17, 15) is 14.7 Å². The summed E-state index contributed by atoms with van der Waals surface area (Å²) < 4.78 is 0. The molecule has 1 aromatic heterocycles. The van der Waals surface area contributed by atoms with Crippen LogP contribution in [0.3, 0.4) is 0 Å². The molecule has 1 amide bonds. The SMILES string of the molecule is CC(C(=O)Nc1cccc(C=Cc2nc(C3CCC3)cs2)c1)c1ccccc1C(=O)O. The highest BCUT2D eigenvalue weighted by Gasteiger charge is 2.22. The molecule has 31 heavy (non-hydrogen) atoms. The lowest BCUT2D eigenvalue weighted by Crippen LogP contribution is -2.20. The van der Waals surface area contributed by atoms with Crippen LogP contribution in [-0.2, 0) is 4.79 Å². The first-order chi connectivity index (χ1) is 15.0. The lowest BCUT2D eigenvalue weighted by atomic mass is 9.83. The van der Waals surface area contributed by atoms with Crippen LogP contribution in [0.2, 0.25) is 0 Å². The number of thiazole rings is 1. The van der Waals surface area contributed by atoms with Gasteiger partial charge in [-0.1, -0.05) is 42.8 Å². The summed E-state index contributed by atoms with van der Waals surface area (Å²) in [6.07, 6.45) is 7.77. The summed E-state index contributed by atoms with van der Waals surface area (Å²) in [5, 5.41) is 15.4. The molecule has 1 heterocycles. The van der Waals surface area contributed by atoms with Gasteiger partial charge in [0, 0.05) is 17.0 Å². The third-order valence-electron chi connectivity index (χ3n) is 5.69. The number of carbonyl (C=O) groups is 2. The van der Waals surface area contributed by atoms with Crippen LogP contribution in [0.5, 0.6) is 0 Å². The van der Waals surface area contributed by atoms with Crippen molar-refractivity contribution in [3.05, 3.63) is 81.3 Å². The minimum Gasteiger partial charge on any atom is -0.478 e. The van der Waals surface area contributed by atoms with E-state index in [2.05, 4.69) is 10.7 Å². The Balaban J connectivity index is 1.44. The average Bonchev–Trinajstić information content (AvgIpc) is 3.19. The maximum Gasteiger partial charge on any atom is 0.335 e. The smallest absolute Gasteiger partial charge is 0.335 e. The molecule has 0 radical (unpaired) electrons. The van der Waals surface area contributed by atoms with E-state index in [1.807, 2.05) is 36.4 Å². The fourth-order valence-corrected chi connectivity index (χ4v) is 4.41. The van der Waals surface area contributed by atoms with E-state index in [0.717, 1.165) is 10.6 Å². The summed E-state index contributed by atoms with van der Waals surface area (Å²) in [6.45, 7) is 1.71. The Hall–Kier alpha value is -3.25. The number of nitrogens with zero attached hydrogens (tertiary/aromatic N) is 1. The third kappa shape index (κ3) is 4.91. The Bertz CT molecular complexity index is 1130. The summed E-state index contributed by atoms with van der Waals surface area (Å²) >= 11 is 1.65. The summed E-state index contributed by atoms with van der Waals surface area (Å²) in [5.41, 5.74) is 3.46. The predicted molar refractivity (Wildman–Crippen MR) is 125 cm³/mol. The molecule has 6 heteroatoms. The summed E-state index contributed by atoms with van der Waals surface area (Å²) in [5.74, 6) is -1.25. The van der Waals surface area contributed by atoms with Gasteiger partial charge >= 0.3 is 5.97 Å². The summed E-state index contributed by atoms with van der Waals surface area (Å²) in [6, 6.07) is 14.2. The normalized spacial score (nSPS) is 14.9. The molecular formula is C25H24N2O3S. The maximum atomic E-state index is 12.7. The highest BCUT2D eigenvalue weighted by Crippen LogP contribution is 2.36. The van der Waals surface area contributed by atoms with E-state index >= 15 is 0 Å². The van der Waals surface area contributed by atoms with Gasteiger partial charge in [-0.25, -0.2) is 9.78 Å². The minimum absolute atomic E-state index is 0.145. The zero-order valence-electron chi connectivity index (χ0n) is 17.2. The monoisotopic (exact) mass is 432 g/mol. The molecule has 158 valence electrons. The first-order valence-electron chi connectivity index (χ1n) is 10.4. The van der Waals surface area contributed by atoms with E-state index in [0.29, 0.717) is 17.2 Å². The van der Waals surface area contributed by atoms with Crippen LogP contribution in [0.1, 0.15) is 70.2 Å². The van der Waals surface area contributed by atoms with E-state index in [1.54, 1.807) is 36.5 Å². The number of carbonyl (C=O) groups excluding carboxylic acids is 1. The van der Waals surface area contributed by atoms with Crippen molar-refractivity contribution >= 4 is 41.1 Å². The molecule has 0 spiro atoms. The summed E-state index contributed by atoms with van der Waals surface area (Å²) in [4.78, 5) is 28.9. The molecule has 0 saturated heterocycles. The molecule has 1 unspecified atom stereocenters. The number of amides is 1. The van der Waals surface area contributed by atoms with Crippen LogP contribution < -0.4 is 5.32 Å². The van der Waals surface area contributed by atoms with Crippen molar-refractivity contribution in [3.8, 4) is 0 Å². The second-order valence-electron chi connectivity index (χ2n) is 7.80. The Morgan fingerprint density at radius 2 is 1.97 bits per heavy atom. The fourth-order valence-electron chi connectivity index (χ4n) is 3.62. The molecule has 2 aromatic carbocycles. The van der Waals surface area contributed by atoms with Crippen molar-refractivity contribution in [1.29, 1.82) is 0 Å². The van der Waals surface area contributed by atoms with Crippen LogP contribution in [0.15, 0.2) is 53.9 Å². The van der Waals surface area contributed by atoms with Crippen molar-refractivity contribution < 1.29 is 14.7 Å². The van der Waals surface area contributed by atoms with Gasteiger partial charge in [-0.05, 0) is 55.2 Å². The lowest BCUT2D eigenvalue weighted by Gasteiger charge is -2.22. The Morgan fingerprint density at radius 3 is 2.71 bits per heavy atom. The molecule has 1 atom stereocenters. The molecule has 1 aliphatic rings. The van der Waals surface area contributed by atoms with Gasteiger partial charge in [0.25, 0.3) is 0 Å². The lowest BCUT2D eigenvalue weighted by molar-refractivity contribution is -0.117. The van der Waals surface area contributed by atoms with Gasteiger partial charge in [0.2, 0.25) is 5.91 Å². The van der Waals surface area contributed by atoms with Crippen LogP contribution in [0, 0.1) is 0 Å². The largest absolute Gasteiger partial charge is 0.478 e. The Labute approximate surface area is 185 Å². The predicted octanol–water partition coefficient (Wildman–Crippen LogP) is 6.02.